The van der Waals surface area contributed by atoms with Crippen molar-refractivity contribution < 1.29 is 4.79 Å². The highest BCUT2D eigenvalue weighted by atomic mass is 32.2. The van der Waals surface area contributed by atoms with Crippen molar-refractivity contribution in [3.8, 4) is 0 Å². The van der Waals surface area contributed by atoms with Crippen LogP contribution in [-0.4, -0.2) is 45.0 Å². The van der Waals surface area contributed by atoms with Gasteiger partial charge in [0.25, 0.3) is 0 Å². The van der Waals surface area contributed by atoms with E-state index in [1.54, 1.807) is 11.8 Å². The average molecular weight is 255 g/mol. The summed E-state index contributed by atoms with van der Waals surface area (Å²) in [6.07, 6.45) is 4.17. The minimum atomic E-state index is -0.00352. The van der Waals surface area contributed by atoms with E-state index >= 15 is 0 Å². The topological polar surface area (TPSA) is 63.1 Å². The number of urea groups is 1. The van der Waals surface area contributed by atoms with Gasteiger partial charge in [0.1, 0.15) is 0 Å². The first-order chi connectivity index (χ1) is 8.22. The molecule has 1 aliphatic heterocycles. The van der Waals surface area contributed by atoms with Crippen LogP contribution >= 0.6 is 11.8 Å². The Bertz CT molecular complexity index is 399. The van der Waals surface area contributed by atoms with Crippen LogP contribution in [0.25, 0.3) is 0 Å². The highest BCUT2D eigenvalue weighted by molar-refractivity contribution is 7.98. The molecule has 2 heterocycles. The molecule has 0 atom stereocenters. The lowest BCUT2D eigenvalue weighted by Gasteiger charge is -2.15. The fourth-order valence-electron chi connectivity index (χ4n) is 1.86. The third-order valence-corrected chi connectivity index (χ3v) is 3.62. The van der Waals surface area contributed by atoms with Crippen molar-refractivity contribution >= 4 is 17.8 Å². The van der Waals surface area contributed by atoms with E-state index in [1.807, 2.05) is 22.8 Å². The molecule has 1 fully saturated rings. The number of amides is 2. The van der Waals surface area contributed by atoms with Gasteiger partial charge in [-0.25, -0.2) is 4.79 Å². The summed E-state index contributed by atoms with van der Waals surface area (Å²) >= 11 is 1.54. The van der Waals surface area contributed by atoms with Gasteiger partial charge < -0.3 is 14.8 Å². The summed E-state index contributed by atoms with van der Waals surface area (Å²) in [6.45, 7) is 2.15. The maximum atomic E-state index is 11.8. The Balaban J connectivity index is 1.88. The van der Waals surface area contributed by atoms with Gasteiger partial charge in [-0.05, 0) is 19.1 Å². The number of carbonyl (C=O) groups excluding carboxylic acids is 1. The van der Waals surface area contributed by atoms with Crippen LogP contribution in [0.1, 0.15) is 18.7 Å². The van der Waals surface area contributed by atoms with Crippen LogP contribution in [0.15, 0.2) is 5.16 Å². The molecular formula is C10H17N5OS. The van der Waals surface area contributed by atoms with E-state index in [1.165, 1.54) is 0 Å². The maximum Gasteiger partial charge on any atom is 0.317 e. The largest absolute Gasteiger partial charge is 0.331 e. The Labute approximate surface area is 105 Å². The molecule has 1 N–H and O–H groups in total. The summed E-state index contributed by atoms with van der Waals surface area (Å²) in [5.74, 6) is 0.780. The summed E-state index contributed by atoms with van der Waals surface area (Å²) in [7, 11) is 1.91. The second kappa shape index (κ2) is 5.39. The summed E-state index contributed by atoms with van der Waals surface area (Å²) in [6, 6.07) is -0.00352. The van der Waals surface area contributed by atoms with Gasteiger partial charge in [-0.1, -0.05) is 11.8 Å². The zero-order chi connectivity index (χ0) is 12.3. The van der Waals surface area contributed by atoms with Crippen molar-refractivity contribution in [3.63, 3.8) is 0 Å². The van der Waals surface area contributed by atoms with Crippen LogP contribution in [0.2, 0.25) is 0 Å². The van der Waals surface area contributed by atoms with Gasteiger partial charge >= 0.3 is 6.03 Å². The molecule has 6 nitrogen and oxygen atoms in total. The molecule has 1 aromatic rings. The SMILES string of the molecule is CSc1nnc(CNC(=O)N2CCCC2)n1C. The smallest absolute Gasteiger partial charge is 0.317 e. The summed E-state index contributed by atoms with van der Waals surface area (Å²) in [5.41, 5.74) is 0. The van der Waals surface area contributed by atoms with Crippen LogP contribution in [0.5, 0.6) is 0 Å². The molecule has 0 aliphatic carbocycles. The number of thioether (sulfide) groups is 1. The van der Waals surface area contributed by atoms with E-state index in [-0.39, 0.29) is 6.03 Å². The number of likely N-dealkylation sites (tertiary alicyclic amines) is 1. The highest BCUT2D eigenvalue weighted by Crippen LogP contribution is 2.11. The lowest BCUT2D eigenvalue weighted by atomic mass is 10.4. The van der Waals surface area contributed by atoms with Crippen molar-refractivity contribution in [2.45, 2.75) is 24.5 Å². The summed E-state index contributed by atoms with van der Waals surface area (Å²) in [4.78, 5) is 13.6. The highest BCUT2D eigenvalue weighted by Gasteiger charge is 2.18. The molecule has 17 heavy (non-hydrogen) atoms. The predicted octanol–water partition coefficient (Wildman–Crippen LogP) is 0.842. The van der Waals surface area contributed by atoms with Gasteiger partial charge in [0.2, 0.25) is 0 Å². The van der Waals surface area contributed by atoms with Crippen molar-refractivity contribution in [2.24, 2.45) is 7.05 Å². The van der Waals surface area contributed by atoms with Crippen LogP contribution in [0, 0.1) is 0 Å². The minimum Gasteiger partial charge on any atom is -0.331 e. The Hall–Kier alpha value is -1.24. The normalized spacial score (nSPS) is 15.3. The molecule has 7 heteroatoms. The number of hydrogen-bond donors (Lipinski definition) is 1. The molecule has 1 aliphatic rings. The fraction of sp³-hybridized carbons (Fsp3) is 0.700. The van der Waals surface area contributed by atoms with E-state index < -0.39 is 0 Å². The van der Waals surface area contributed by atoms with Crippen molar-refractivity contribution in [1.82, 2.24) is 25.0 Å². The lowest BCUT2D eigenvalue weighted by molar-refractivity contribution is 0.208. The van der Waals surface area contributed by atoms with Crippen LogP contribution < -0.4 is 5.32 Å². The molecule has 2 rings (SSSR count). The van der Waals surface area contributed by atoms with Crippen molar-refractivity contribution in [3.05, 3.63) is 5.82 Å². The molecule has 94 valence electrons. The fourth-order valence-corrected chi connectivity index (χ4v) is 2.37. The monoisotopic (exact) mass is 255 g/mol. The second-order valence-corrected chi connectivity index (χ2v) is 4.79. The number of rotatable bonds is 3. The van der Waals surface area contributed by atoms with E-state index in [0.717, 1.165) is 36.9 Å². The zero-order valence-corrected chi connectivity index (χ0v) is 11.0. The zero-order valence-electron chi connectivity index (χ0n) is 10.1. The Morgan fingerprint density at radius 3 is 2.71 bits per heavy atom. The number of carbonyl (C=O) groups is 1. The minimum absolute atomic E-state index is 0.00352. The molecule has 0 aromatic carbocycles. The van der Waals surface area contributed by atoms with Crippen LogP contribution in [0.4, 0.5) is 4.79 Å². The molecule has 0 unspecified atom stereocenters. The Morgan fingerprint density at radius 1 is 1.41 bits per heavy atom. The van der Waals surface area contributed by atoms with E-state index in [9.17, 15) is 4.79 Å². The standard InChI is InChI=1S/C10H17N5OS/c1-14-8(12-13-10(14)17-2)7-11-9(16)15-5-3-4-6-15/h3-7H2,1-2H3,(H,11,16). The van der Waals surface area contributed by atoms with Gasteiger partial charge in [0.05, 0.1) is 6.54 Å². The first-order valence-electron chi connectivity index (χ1n) is 5.67. The molecule has 0 spiro atoms. The van der Waals surface area contributed by atoms with Gasteiger partial charge in [-0.15, -0.1) is 10.2 Å². The third kappa shape index (κ3) is 2.71. The van der Waals surface area contributed by atoms with Crippen LogP contribution in [-0.2, 0) is 13.6 Å². The van der Waals surface area contributed by atoms with E-state index in [2.05, 4.69) is 15.5 Å². The lowest BCUT2D eigenvalue weighted by Crippen LogP contribution is -2.37. The molecule has 0 radical (unpaired) electrons. The van der Waals surface area contributed by atoms with Crippen molar-refractivity contribution in [2.75, 3.05) is 19.3 Å². The number of hydrogen-bond acceptors (Lipinski definition) is 4. The Morgan fingerprint density at radius 2 is 2.12 bits per heavy atom. The van der Waals surface area contributed by atoms with Crippen LogP contribution in [0.3, 0.4) is 0 Å². The third-order valence-electron chi connectivity index (χ3n) is 2.90. The van der Waals surface area contributed by atoms with Crippen molar-refractivity contribution in [1.29, 1.82) is 0 Å². The molecule has 0 bridgehead atoms. The van der Waals surface area contributed by atoms with Gasteiger partial charge in [0, 0.05) is 20.1 Å². The summed E-state index contributed by atoms with van der Waals surface area (Å²) < 4.78 is 1.90. The average Bonchev–Trinajstić information content (AvgIpc) is 2.96. The van der Waals surface area contributed by atoms with E-state index in [4.69, 9.17) is 0 Å². The first-order valence-corrected chi connectivity index (χ1v) is 6.90. The quantitative estimate of drug-likeness (QED) is 0.813. The summed E-state index contributed by atoms with van der Waals surface area (Å²) in [5, 5.41) is 11.8. The predicted molar refractivity (Wildman–Crippen MR) is 65.8 cm³/mol. The van der Waals surface area contributed by atoms with Gasteiger partial charge in [0.15, 0.2) is 11.0 Å². The maximum absolute atomic E-state index is 11.8. The Kier molecular flexibility index (Phi) is 3.88. The number of nitrogens with one attached hydrogen (secondary N) is 1. The van der Waals surface area contributed by atoms with E-state index in [0.29, 0.717) is 6.54 Å². The molecule has 2 amide bonds. The molecule has 1 saturated heterocycles. The second-order valence-electron chi connectivity index (χ2n) is 4.01. The molecule has 1 aromatic heterocycles. The molecule has 0 saturated carbocycles. The van der Waals surface area contributed by atoms with Gasteiger partial charge in [-0.3, -0.25) is 0 Å². The number of nitrogens with zero attached hydrogens (tertiary/aromatic N) is 4. The molecular weight excluding hydrogens is 238 g/mol. The number of aromatic nitrogens is 3. The first kappa shape index (κ1) is 12.2. The van der Waals surface area contributed by atoms with Gasteiger partial charge in [-0.2, -0.15) is 0 Å².